The highest BCUT2D eigenvalue weighted by Crippen LogP contribution is 2.41. The highest BCUT2D eigenvalue weighted by atomic mass is 35.5. The standard InChI is InChI=1S/C34H35Cl2N/c1-2-3-4-5-6-7-8-15-20-37-33-23-31(35)27(25-16-11-9-12-17-25)21-29(33)30-22-28(32(36)24-34(30)37)26-18-13-10-14-19-26/h9-14,16-19,21-24H,2-8,15,20H2,1H3. The van der Waals surface area contributed by atoms with Crippen LogP contribution in [0.1, 0.15) is 58.3 Å². The van der Waals surface area contributed by atoms with E-state index in [2.05, 4.69) is 84.3 Å². The van der Waals surface area contributed by atoms with Gasteiger partial charge in [-0.3, -0.25) is 0 Å². The second kappa shape index (κ2) is 12.2. The highest BCUT2D eigenvalue weighted by Gasteiger charge is 2.17. The normalized spacial score (nSPS) is 11.5. The van der Waals surface area contributed by atoms with Crippen LogP contribution < -0.4 is 0 Å². The number of rotatable bonds is 11. The van der Waals surface area contributed by atoms with Crippen molar-refractivity contribution in [2.45, 2.75) is 64.8 Å². The van der Waals surface area contributed by atoms with Crippen molar-refractivity contribution in [3.05, 3.63) is 95.0 Å². The maximum atomic E-state index is 6.90. The first kappa shape index (κ1) is 25.9. The highest BCUT2D eigenvalue weighted by molar-refractivity contribution is 6.36. The fraction of sp³-hybridized carbons (Fsp3) is 0.294. The van der Waals surface area contributed by atoms with Gasteiger partial charge in [0.1, 0.15) is 0 Å². The second-order valence-electron chi connectivity index (χ2n) is 10.1. The lowest BCUT2D eigenvalue weighted by Gasteiger charge is -2.10. The van der Waals surface area contributed by atoms with E-state index in [1.165, 1.54) is 66.8 Å². The molecule has 37 heavy (non-hydrogen) atoms. The van der Waals surface area contributed by atoms with Crippen molar-refractivity contribution >= 4 is 45.0 Å². The first-order valence-electron chi connectivity index (χ1n) is 13.7. The van der Waals surface area contributed by atoms with Crippen molar-refractivity contribution in [1.29, 1.82) is 0 Å². The van der Waals surface area contributed by atoms with E-state index >= 15 is 0 Å². The lowest BCUT2D eigenvalue weighted by atomic mass is 10.00. The van der Waals surface area contributed by atoms with Crippen molar-refractivity contribution in [3.8, 4) is 22.3 Å². The van der Waals surface area contributed by atoms with Crippen molar-refractivity contribution in [2.24, 2.45) is 0 Å². The first-order chi connectivity index (χ1) is 18.2. The fourth-order valence-electron chi connectivity index (χ4n) is 5.46. The van der Waals surface area contributed by atoms with E-state index in [0.717, 1.165) is 45.3 Å². The molecule has 0 amide bonds. The van der Waals surface area contributed by atoms with Crippen LogP contribution in [0.2, 0.25) is 10.0 Å². The number of nitrogens with zero attached hydrogens (tertiary/aromatic N) is 1. The summed E-state index contributed by atoms with van der Waals surface area (Å²) in [5.74, 6) is 0. The third kappa shape index (κ3) is 5.74. The van der Waals surface area contributed by atoms with E-state index < -0.39 is 0 Å². The molecule has 0 spiro atoms. The third-order valence-corrected chi connectivity index (χ3v) is 8.07. The number of aromatic nitrogens is 1. The van der Waals surface area contributed by atoms with Gasteiger partial charge in [0.25, 0.3) is 0 Å². The van der Waals surface area contributed by atoms with Gasteiger partial charge in [-0.05, 0) is 41.8 Å². The molecule has 0 saturated heterocycles. The zero-order valence-electron chi connectivity index (χ0n) is 21.7. The molecule has 5 aromatic rings. The Morgan fingerprint density at radius 2 is 0.973 bits per heavy atom. The Labute approximate surface area is 231 Å². The SMILES string of the molecule is CCCCCCCCCCn1c2cc(Cl)c(-c3ccccc3)cc2c2cc(-c3ccccc3)c(Cl)cc21. The number of unbranched alkanes of at least 4 members (excludes halogenated alkanes) is 7. The zero-order chi connectivity index (χ0) is 25.6. The summed E-state index contributed by atoms with van der Waals surface area (Å²) in [6.45, 7) is 3.24. The molecule has 4 aromatic carbocycles. The van der Waals surface area contributed by atoms with Gasteiger partial charge in [0.05, 0.1) is 21.1 Å². The molecule has 0 aliphatic carbocycles. The molecule has 0 radical (unpaired) electrons. The maximum Gasteiger partial charge on any atom is 0.0506 e. The number of benzene rings is 4. The van der Waals surface area contributed by atoms with Gasteiger partial charge >= 0.3 is 0 Å². The molecule has 0 N–H and O–H groups in total. The minimum absolute atomic E-state index is 0.785. The Morgan fingerprint density at radius 1 is 0.541 bits per heavy atom. The maximum absolute atomic E-state index is 6.90. The predicted molar refractivity (Wildman–Crippen MR) is 163 cm³/mol. The van der Waals surface area contributed by atoms with Crippen LogP contribution in [0.5, 0.6) is 0 Å². The van der Waals surface area contributed by atoms with Crippen LogP contribution in [0.4, 0.5) is 0 Å². The van der Waals surface area contributed by atoms with Crippen LogP contribution >= 0.6 is 23.2 Å². The van der Waals surface area contributed by atoms with Crippen molar-refractivity contribution in [2.75, 3.05) is 0 Å². The van der Waals surface area contributed by atoms with Crippen LogP contribution in [-0.2, 0) is 6.54 Å². The summed E-state index contributed by atoms with van der Waals surface area (Å²) in [5, 5.41) is 4.03. The smallest absolute Gasteiger partial charge is 0.0506 e. The molecule has 5 rings (SSSR count). The minimum Gasteiger partial charge on any atom is -0.340 e. The quantitative estimate of drug-likeness (QED) is 0.150. The number of halogens is 2. The number of fused-ring (bicyclic) bond motifs is 3. The monoisotopic (exact) mass is 527 g/mol. The molecule has 0 atom stereocenters. The molecule has 1 nitrogen and oxygen atoms in total. The molecule has 0 saturated carbocycles. The Hall–Kier alpha value is -2.74. The van der Waals surface area contributed by atoms with Crippen molar-refractivity contribution in [1.82, 2.24) is 4.57 Å². The van der Waals surface area contributed by atoms with E-state index in [0.29, 0.717) is 0 Å². The van der Waals surface area contributed by atoms with Crippen LogP contribution in [0.3, 0.4) is 0 Å². The molecular formula is C34H35Cl2N. The molecule has 0 unspecified atom stereocenters. The van der Waals surface area contributed by atoms with E-state index in [1.54, 1.807) is 0 Å². The van der Waals surface area contributed by atoms with E-state index in [1.807, 2.05) is 12.1 Å². The Bertz CT molecular complexity index is 1370. The van der Waals surface area contributed by atoms with Crippen molar-refractivity contribution < 1.29 is 0 Å². The summed E-state index contributed by atoms with van der Waals surface area (Å²) in [7, 11) is 0. The van der Waals surface area contributed by atoms with Crippen LogP contribution in [-0.4, -0.2) is 4.57 Å². The summed E-state index contributed by atoms with van der Waals surface area (Å²) >= 11 is 13.8. The lowest BCUT2D eigenvalue weighted by molar-refractivity contribution is 0.553. The van der Waals surface area contributed by atoms with E-state index in [9.17, 15) is 0 Å². The molecule has 1 heterocycles. The molecule has 190 valence electrons. The average molecular weight is 529 g/mol. The zero-order valence-corrected chi connectivity index (χ0v) is 23.2. The summed E-state index contributed by atoms with van der Waals surface area (Å²) in [5.41, 5.74) is 6.77. The van der Waals surface area contributed by atoms with Gasteiger partial charge in [-0.2, -0.15) is 0 Å². The number of hydrogen-bond donors (Lipinski definition) is 0. The van der Waals surface area contributed by atoms with Gasteiger partial charge in [0.2, 0.25) is 0 Å². The topological polar surface area (TPSA) is 4.93 Å². The van der Waals surface area contributed by atoms with Crippen LogP contribution in [0.25, 0.3) is 44.1 Å². The molecule has 1 aromatic heterocycles. The Balaban J connectivity index is 1.54. The molecule has 0 aliphatic rings. The number of aryl methyl sites for hydroxylation is 1. The van der Waals surface area contributed by atoms with Gasteiger partial charge in [0.15, 0.2) is 0 Å². The van der Waals surface area contributed by atoms with Gasteiger partial charge in [-0.1, -0.05) is 136 Å². The largest absolute Gasteiger partial charge is 0.340 e. The molecule has 0 bridgehead atoms. The van der Waals surface area contributed by atoms with Crippen LogP contribution in [0.15, 0.2) is 84.9 Å². The van der Waals surface area contributed by atoms with Gasteiger partial charge in [-0.25, -0.2) is 0 Å². The first-order valence-corrected chi connectivity index (χ1v) is 14.5. The summed E-state index contributed by atoms with van der Waals surface area (Å²) < 4.78 is 2.43. The van der Waals surface area contributed by atoms with E-state index in [-0.39, 0.29) is 0 Å². The third-order valence-electron chi connectivity index (χ3n) is 7.45. The van der Waals surface area contributed by atoms with Crippen LogP contribution in [0, 0.1) is 0 Å². The lowest BCUT2D eigenvalue weighted by Crippen LogP contribution is -1.98. The van der Waals surface area contributed by atoms with Gasteiger partial charge in [-0.15, -0.1) is 0 Å². The molecule has 3 heteroatoms. The van der Waals surface area contributed by atoms with E-state index in [4.69, 9.17) is 23.2 Å². The molecular weight excluding hydrogens is 493 g/mol. The number of hydrogen-bond acceptors (Lipinski definition) is 0. The Morgan fingerprint density at radius 3 is 1.43 bits per heavy atom. The van der Waals surface area contributed by atoms with Gasteiger partial charge < -0.3 is 4.57 Å². The summed E-state index contributed by atoms with van der Waals surface area (Å²) in [6.07, 6.45) is 10.4. The Kier molecular flexibility index (Phi) is 8.54. The minimum atomic E-state index is 0.785. The second-order valence-corrected chi connectivity index (χ2v) is 10.9. The summed E-state index contributed by atoms with van der Waals surface area (Å²) in [6, 6.07) is 29.7. The molecule has 0 aliphatic heterocycles. The van der Waals surface area contributed by atoms with Crippen molar-refractivity contribution in [3.63, 3.8) is 0 Å². The summed E-state index contributed by atoms with van der Waals surface area (Å²) in [4.78, 5) is 0. The molecule has 0 fully saturated rings. The predicted octanol–water partition coefficient (Wildman–Crippen LogP) is 11.6. The average Bonchev–Trinajstić information content (AvgIpc) is 3.21. The van der Waals surface area contributed by atoms with Gasteiger partial charge in [0, 0.05) is 28.4 Å². The fourth-order valence-corrected chi connectivity index (χ4v) is 5.99.